The lowest BCUT2D eigenvalue weighted by molar-refractivity contribution is 0.0574. The highest BCUT2D eigenvalue weighted by Gasteiger charge is 2.43. The lowest BCUT2D eigenvalue weighted by Crippen LogP contribution is -2.28. The van der Waals surface area contributed by atoms with E-state index in [0.717, 1.165) is 22.3 Å². The van der Waals surface area contributed by atoms with Crippen LogP contribution in [0.2, 0.25) is 0 Å². The minimum atomic E-state index is -0.131. The third-order valence-corrected chi connectivity index (χ3v) is 6.14. The standard InChI is InChI=1S/C23H17NO2S/c1-2-6-15(7-3-1)19-13-25-23-22-17-8-4-5-9-20(17)26-21(22)12-18(24(19)23)16-10-11-27-14-16/h1-12,14,19,23H,13H2/t19-,23-/m1/s1. The number of rotatable bonds is 2. The van der Waals surface area contributed by atoms with Gasteiger partial charge in [-0.2, -0.15) is 11.3 Å². The number of ether oxygens (including phenoxy) is 1. The number of hydrogen-bond donors (Lipinski definition) is 0. The van der Waals surface area contributed by atoms with E-state index in [1.165, 1.54) is 16.8 Å². The highest BCUT2D eigenvalue weighted by molar-refractivity contribution is 7.08. The van der Waals surface area contributed by atoms with Crippen molar-refractivity contribution in [1.82, 2.24) is 4.90 Å². The molecule has 0 radical (unpaired) electrons. The molecule has 1 saturated heterocycles. The highest BCUT2D eigenvalue weighted by atomic mass is 32.1. The summed E-state index contributed by atoms with van der Waals surface area (Å²) in [7, 11) is 0. The van der Waals surface area contributed by atoms with E-state index >= 15 is 0 Å². The van der Waals surface area contributed by atoms with Crippen molar-refractivity contribution in [3.05, 3.63) is 93.9 Å². The van der Waals surface area contributed by atoms with Crippen molar-refractivity contribution >= 4 is 34.1 Å². The zero-order valence-electron chi connectivity index (χ0n) is 14.5. The molecule has 2 aliphatic rings. The Morgan fingerprint density at radius 3 is 2.67 bits per heavy atom. The van der Waals surface area contributed by atoms with Crippen molar-refractivity contribution in [3.8, 4) is 0 Å². The predicted molar refractivity (Wildman–Crippen MR) is 108 cm³/mol. The molecule has 0 unspecified atom stereocenters. The topological polar surface area (TPSA) is 25.6 Å². The van der Waals surface area contributed by atoms with Gasteiger partial charge in [0.25, 0.3) is 0 Å². The van der Waals surface area contributed by atoms with Crippen LogP contribution in [0.15, 0.2) is 75.8 Å². The number of hydrogen-bond acceptors (Lipinski definition) is 4. The van der Waals surface area contributed by atoms with Crippen LogP contribution in [-0.2, 0) is 4.74 Å². The number of fused-ring (bicyclic) bond motifs is 5. The molecule has 1 fully saturated rings. The van der Waals surface area contributed by atoms with Gasteiger partial charge in [0.2, 0.25) is 0 Å². The van der Waals surface area contributed by atoms with Crippen LogP contribution in [0.1, 0.15) is 34.7 Å². The van der Waals surface area contributed by atoms with E-state index in [0.29, 0.717) is 6.61 Å². The first-order valence-corrected chi connectivity index (χ1v) is 10.0. The molecule has 2 aromatic heterocycles. The van der Waals surface area contributed by atoms with E-state index in [-0.39, 0.29) is 12.3 Å². The van der Waals surface area contributed by atoms with Gasteiger partial charge in [-0.25, -0.2) is 0 Å². The van der Waals surface area contributed by atoms with Gasteiger partial charge in [-0.1, -0.05) is 48.5 Å². The van der Waals surface area contributed by atoms with Crippen LogP contribution in [-0.4, -0.2) is 11.5 Å². The van der Waals surface area contributed by atoms with Crippen molar-refractivity contribution in [1.29, 1.82) is 0 Å². The van der Waals surface area contributed by atoms with E-state index in [1.807, 2.05) is 12.1 Å². The molecule has 0 aliphatic carbocycles. The average Bonchev–Trinajstić information content (AvgIpc) is 3.45. The van der Waals surface area contributed by atoms with Gasteiger partial charge in [0.1, 0.15) is 11.3 Å². The van der Waals surface area contributed by atoms with Gasteiger partial charge < -0.3 is 14.1 Å². The number of para-hydroxylation sites is 1. The molecule has 2 aliphatic heterocycles. The smallest absolute Gasteiger partial charge is 0.161 e. The van der Waals surface area contributed by atoms with Gasteiger partial charge in [0, 0.05) is 22.4 Å². The fourth-order valence-corrected chi connectivity index (χ4v) is 4.89. The maximum absolute atomic E-state index is 6.37. The molecule has 0 bridgehead atoms. The molecular formula is C23H17NO2S. The summed E-state index contributed by atoms with van der Waals surface area (Å²) in [4.78, 5) is 2.42. The van der Waals surface area contributed by atoms with Crippen molar-refractivity contribution in [2.45, 2.75) is 12.3 Å². The van der Waals surface area contributed by atoms with Crippen LogP contribution in [0.25, 0.3) is 22.7 Å². The number of benzene rings is 2. The van der Waals surface area contributed by atoms with Crippen molar-refractivity contribution in [2.75, 3.05) is 6.61 Å². The van der Waals surface area contributed by atoms with E-state index < -0.39 is 0 Å². The monoisotopic (exact) mass is 371 g/mol. The Morgan fingerprint density at radius 2 is 1.81 bits per heavy atom. The largest absolute Gasteiger partial charge is 0.456 e. The quantitative estimate of drug-likeness (QED) is 0.427. The molecule has 2 aromatic carbocycles. The lowest BCUT2D eigenvalue weighted by atomic mass is 9.98. The van der Waals surface area contributed by atoms with Crippen LogP contribution < -0.4 is 0 Å². The first kappa shape index (κ1) is 15.3. The second kappa shape index (κ2) is 5.84. The summed E-state index contributed by atoms with van der Waals surface area (Å²) in [6.45, 7) is 0.662. The number of nitrogens with zero attached hydrogens (tertiary/aromatic N) is 1. The molecule has 4 heteroatoms. The molecule has 0 saturated carbocycles. The Bertz CT molecular complexity index is 1140. The van der Waals surface area contributed by atoms with Crippen molar-refractivity contribution in [3.63, 3.8) is 0 Å². The Balaban J connectivity index is 1.58. The van der Waals surface area contributed by atoms with E-state index in [4.69, 9.17) is 9.15 Å². The molecule has 2 atom stereocenters. The Kier molecular flexibility index (Phi) is 3.30. The van der Waals surface area contributed by atoms with E-state index in [1.54, 1.807) is 11.3 Å². The van der Waals surface area contributed by atoms with Crippen LogP contribution in [0, 0.1) is 0 Å². The Morgan fingerprint density at radius 1 is 0.963 bits per heavy atom. The number of thiophene rings is 1. The summed E-state index contributed by atoms with van der Waals surface area (Å²) in [6.07, 6.45) is 2.05. The maximum atomic E-state index is 6.37. The third-order valence-electron chi connectivity index (χ3n) is 5.46. The fourth-order valence-electron chi connectivity index (χ4n) is 4.24. The van der Waals surface area contributed by atoms with Gasteiger partial charge in [-0.15, -0.1) is 0 Å². The molecule has 27 heavy (non-hydrogen) atoms. The molecule has 4 aromatic rings. The molecule has 4 heterocycles. The maximum Gasteiger partial charge on any atom is 0.161 e. The molecule has 3 nitrogen and oxygen atoms in total. The fraction of sp³-hybridized carbons (Fsp3) is 0.130. The third kappa shape index (κ3) is 2.24. The van der Waals surface area contributed by atoms with Crippen LogP contribution in [0.5, 0.6) is 0 Å². The first-order valence-electron chi connectivity index (χ1n) is 9.11. The zero-order chi connectivity index (χ0) is 17.8. The van der Waals surface area contributed by atoms with Gasteiger partial charge in [0.15, 0.2) is 6.23 Å². The minimum absolute atomic E-state index is 0.131. The normalized spacial score (nSPS) is 21.2. The summed E-state index contributed by atoms with van der Waals surface area (Å²) in [5.41, 5.74) is 5.71. The van der Waals surface area contributed by atoms with Gasteiger partial charge in [-0.3, -0.25) is 0 Å². The summed E-state index contributed by atoms with van der Waals surface area (Å²) in [5, 5.41) is 5.45. The summed E-state index contributed by atoms with van der Waals surface area (Å²) in [5.74, 6) is 0.910. The van der Waals surface area contributed by atoms with E-state index in [2.05, 4.69) is 70.3 Å². The van der Waals surface area contributed by atoms with Crippen molar-refractivity contribution < 1.29 is 9.15 Å². The summed E-state index contributed by atoms with van der Waals surface area (Å²) < 4.78 is 12.6. The average molecular weight is 371 g/mol. The van der Waals surface area contributed by atoms with Crippen LogP contribution >= 0.6 is 11.3 Å². The Hall–Kier alpha value is -2.82. The molecule has 0 spiro atoms. The van der Waals surface area contributed by atoms with Crippen LogP contribution in [0.4, 0.5) is 0 Å². The molecule has 0 N–H and O–H groups in total. The highest BCUT2D eigenvalue weighted by Crippen LogP contribution is 2.51. The second-order valence-corrected chi connectivity index (χ2v) is 7.72. The lowest BCUT2D eigenvalue weighted by Gasteiger charge is -2.35. The molecule has 132 valence electrons. The van der Waals surface area contributed by atoms with E-state index in [9.17, 15) is 0 Å². The SMILES string of the molecule is C1=C(c2ccsc2)N2[C@@H](c3ccccc3)CO[C@@H]2c2c1oc1ccccc21. The Labute approximate surface area is 161 Å². The predicted octanol–water partition coefficient (Wildman–Crippen LogP) is 6.08. The molecule has 6 rings (SSSR count). The second-order valence-electron chi connectivity index (χ2n) is 6.94. The number of furan rings is 1. The molecule has 0 amide bonds. The van der Waals surface area contributed by atoms with Gasteiger partial charge in [0.05, 0.1) is 23.9 Å². The first-order chi connectivity index (χ1) is 13.4. The van der Waals surface area contributed by atoms with Crippen LogP contribution in [0.3, 0.4) is 0 Å². The van der Waals surface area contributed by atoms with Crippen molar-refractivity contribution in [2.24, 2.45) is 0 Å². The molecular weight excluding hydrogens is 354 g/mol. The van der Waals surface area contributed by atoms with Gasteiger partial charge in [-0.05, 0) is 23.1 Å². The summed E-state index contributed by atoms with van der Waals surface area (Å²) >= 11 is 1.71. The van der Waals surface area contributed by atoms with Gasteiger partial charge >= 0.3 is 0 Å². The summed E-state index contributed by atoms with van der Waals surface area (Å²) in [6, 6.07) is 21.2. The zero-order valence-corrected chi connectivity index (χ0v) is 15.4. The minimum Gasteiger partial charge on any atom is -0.456 e.